The normalized spacial score (nSPS) is 14.9. The summed E-state index contributed by atoms with van der Waals surface area (Å²) in [5.41, 5.74) is 1.84. The lowest BCUT2D eigenvalue weighted by atomic mass is 10.1. The molecule has 1 atom stereocenters. The first-order valence-electron chi connectivity index (χ1n) is 11.1. The fourth-order valence-corrected chi connectivity index (χ4v) is 4.86. The van der Waals surface area contributed by atoms with Crippen molar-refractivity contribution in [2.75, 3.05) is 25.1 Å². The number of benzene rings is 2. The third-order valence-corrected chi connectivity index (χ3v) is 6.72. The average molecular weight is 463 g/mol. The summed E-state index contributed by atoms with van der Waals surface area (Å²) in [5.74, 6) is 2.74. The van der Waals surface area contributed by atoms with E-state index in [2.05, 4.69) is 29.8 Å². The standard InChI is InChI=1S/C24H26N6O2S/c1-17(22-25-21(28-32-22)18-11-5-3-6-12-18)33-24-27-26-23(29-15-9-4-10-16-29)30(24)19-13-7-8-14-20(19)31-2/h3,5-8,11-14,17H,4,9-10,15-16H2,1-2H3. The molecule has 1 aliphatic heterocycles. The lowest BCUT2D eigenvalue weighted by Crippen LogP contribution is -2.31. The Kier molecular flexibility index (Phi) is 6.30. The second-order valence-corrected chi connectivity index (χ2v) is 9.23. The predicted octanol–water partition coefficient (Wildman–Crippen LogP) is 5.17. The number of thioether (sulfide) groups is 1. The van der Waals surface area contributed by atoms with Gasteiger partial charge >= 0.3 is 0 Å². The number of para-hydroxylation sites is 2. The Labute approximate surface area is 197 Å². The van der Waals surface area contributed by atoms with Gasteiger partial charge in [-0.3, -0.25) is 4.57 Å². The number of anilines is 1. The van der Waals surface area contributed by atoms with Crippen LogP contribution in [0.1, 0.15) is 37.3 Å². The lowest BCUT2D eigenvalue weighted by Gasteiger charge is -2.28. The molecule has 0 radical (unpaired) electrons. The van der Waals surface area contributed by atoms with Crippen LogP contribution in [0, 0.1) is 0 Å². The van der Waals surface area contributed by atoms with Crippen LogP contribution in [0.5, 0.6) is 5.75 Å². The summed E-state index contributed by atoms with van der Waals surface area (Å²) in [5, 5.41) is 14.0. The second-order valence-electron chi connectivity index (χ2n) is 7.92. The molecule has 2 aromatic carbocycles. The van der Waals surface area contributed by atoms with Crippen LogP contribution in [0.4, 0.5) is 5.95 Å². The molecule has 4 aromatic rings. The monoisotopic (exact) mass is 462 g/mol. The summed E-state index contributed by atoms with van der Waals surface area (Å²) in [6.45, 7) is 3.98. The number of piperidine rings is 1. The van der Waals surface area contributed by atoms with Crippen molar-refractivity contribution in [1.82, 2.24) is 24.9 Å². The van der Waals surface area contributed by atoms with Crippen LogP contribution in [0.2, 0.25) is 0 Å². The molecule has 0 N–H and O–H groups in total. The highest BCUT2D eigenvalue weighted by Gasteiger charge is 2.26. The van der Waals surface area contributed by atoms with Crippen molar-refractivity contribution < 1.29 is 9.26 Å². The highest BCUT2D eigenvalue weighted by atomic mass is 32.2. The van der Waals surface area contributed by atoms with Gasteiger partial charge in [0.2, 0.25) is 17.7 Å². The molecule has 0 saturated carbocycles. The quantitative estimate of drug-likeness (QED) is 0.348. The van der Waals surface area contributed by atoms with Crippen molar-refractivity contribution in [3.63, 3.8) is 0 Å². The number of aromatic nitrogens is 5. The Morgan fingerprint density at radius 1 is 0.970 bits per heavy atom. The van der Waals surface area contributed by atoms with E-state index in [9.17, 15) is 0 Å². The zero-order valence-electron chi connectivity index (χ0n) is 18.7. The summed E-state index contributed by atoms with van der Waals surface area (Å²) in [7, 11) is 1.68. The molecule has 0 bridgehead atoms. The molecule has 5 rings (SSSR count). The fourth-order valence-electron chi connectivity index (χ4n) is 3.98. The highest BCUT2D eigenvalue weighted by Crippen LogP contribution is 2.38. The Hall–Kier alpha value is -3.33. The molecular formula is C24H26N6O2S. The third kappa shape index (κ3) is 4.45. The minimum Gasteiger partial charge on any atom is -0.495 e. The van der Waals surface area contributed by atoms with Gasteiger partial charge in [0.1, 0.15) is 5.75 Å². The van der Waals surface area contributed by atoms with Crippen LogP contribution < -0.4 is 9.64 Å². The van der Waals surface area contributed by atoms with E-state index in [1.807, 2.05) is 61.5 Å². The van der Waals surface area contributed by atoms with Crippen LogP contribution in [0.3, 0.4) is 0 Å². The molecule has 3 heterocycles. The first-order chi connectivity index (χ1) is 16.2. The largest absolute Gasteiger partial charge is 0.495 e. The van der Waals surface area contributed by atoms with Crippen LogP contribution >= 0.6 is 11.8 Å². The number of rotatable bonds is 7. The Morgan fingerprint density at radius 3 is 2.52 bits per heavy atom. The maximum atomic E-state index is 5.66. The molecule has 9 heteroatoms. The minimum absolute atomic E-state index is 0.109. The predicted molar refractivity (Wildman–Crippen MR) is 128 cm³/mol. The molecule has 8 nitrogen and oxygen atoms in total. The van der Waals surface area contributed by atoms with Gasteiger partial charge in [0.25, 0.3) is 0 Å². The van der Waals surface area contributed by atoms with Crippen molar-refractivity contribution in [2.45, 2.75) is 36.6 Å². The molecule has 2 aromatic heterocycles. The maximum Gasteiger partial charge on any atom is 0.240 e. The summed E-state index contributed by atoms with van der Waals surface area (Å²) in [6, 6.07) is 17.8. The number of hydrogen-bond acceptors (Lipinski definition) is 8. The van der Waals surface area contributed by atoms with Crippen molar-refractivity contribution in [1.29, 1.82) is 0 Å². The number of hydrogen-bond donors (Lipinski definition) is 0. The van der Waals surface area contributed by atoms with Crippen molar-refractivity contribution >= 4 is 17.7 Å². The Balaban J connectivity index is 1.48. The van der Waals surface area contributed by atoms with Crippen molar-refractivity contribution in [2.24, 2.45) is 0 Å². The van der Waals surface area contributed by atoms with Gasteiger partial charge in [-0.05, 0) is 38.3 Å². The van der Waals surface area contributed by atoms with Gasteiger partial charge in [-0.25, -0.2) is 0 Å². The Bertz CT molecular complexity index is 1200. The van der Waals surface area contributed by atoms with Gasteiger partial charge in [-0.1, -0.05) is 59.4 Å². The van der Waals surface area contributed by atoms with Gasteiger partial charge in [0.05, 0.1) is 18.0 Å². The third-order valence-electron chi connectivity index (χ3n) is 5.68. The molecule has 0 aliphatic carbocycles. The van der Waals surface area contributed by atoms with Gasteiger partial charge < -0.3 is 14.2 Å². The van der Waals surface area contributed by atoms with Gasteiger partial charge in [0, 0.05) is 18.7 Å². The van der Waals surface area contributed by atoms with Crippen LogP contribution in [0.15, 0.2) is 64.3 Å². The van der Waals surface area contributed by atoms with Crippen LogP contribution in [-0.4, -0.2) is 45.1 Å². The highest BCUT2D eigenvalue weighted by molar-refractivity contribution is 7.99. The second kappa shape index (κ2) is 9.66. The molecular weight excluding hydrogens is 436 g/mol. The van der Waals surface area contributed by atoms with E-state index >= 15 is 0 Å². The molecule has 1 saturated heterocycles. The van der Waals surface area contributed by atoms with Gasteiger partial charge in [0.15, 0.2) is 5.16 Å². The smallest absolute Gasteiger partial charge is 0.240 e. The fraction of sp³-hybridized carbons (Fsp3) is 0.333. The molecule has 170 valence electrons. The first-order valence-corrected chi connectivity index (χ1v) is 12.0. The summed E-state index contributed by atoms with van der Waals surface area (Å²) < 4.78 is 13.3. The van der Waals surface area contributed by atoms with E-state index in [0.717, 1.165) is 54.0 Å². The summed E-state index contributed by atoms with van der Waals surface area (Å²) in [4.78, 5) is 6.92. The van der Waals surface area contributed by atoms with Crippen LogP contribution in [-0.2, 0) is 0 Å². The van der Waals surface area contributed by atoms with E-state index in [4.69, 9.17) is 9.26 Å². The maximum absolute atomic E-state index is 5.66. The topological polar surface area (TPSA) is 82.1 Å². The zero-order valence-corrected chi connectivity index (χ0v) is 19.5. The van der Waals surface area contributed by atoms with E-state index in [0.29, 0.717) is 11.7 Å². The SMILES string of the molecule is COc1ccccc1-n1c(SC(C)c2nc(-c3ccccc3)no2)nnc1N1CCCCC1. The van der Waals surface area contributed by atoms with Gasteiger partial charge in [-0.15, -0.1) is 10.2 Å². The van der Waals surface area contributed by atoms with Crippen molar-refractivity contribution in [3.05, 3.63) is 60.5 Å². The first kappa shape index (κ1) is 21.5. The molecule has 1 unspecified atom stereocenters. The summed E-state index contributed by atoms with van der Waals surface area (Å²) >= 11 is 1.54. The minimum atomic E-state index is -0.109. The zero-order chi connectivity index (χ0) is 22.6. The molecule has 1 aliphatic rings. The van der Waals surface area contributed by atoms with Gasteiger partial charge in [-0.2, -0.15) is 4.98 Å². The van der Waals surface area contributed by atoms with E-state index in [1.54, 1.807) is 18.9 Å². The number of ether oxygens (including phenoxy) is 1. The molecule has 1 fully saturated rings. The average Bonchev–Trinajstić information content (AvgIpc) is 3.53. The summed E-state index contributed by atoms with van der Waals surface area (Å²) in [6.07, 6.45) is 3.56. The number of nitrogens with zero attached hydrogens (tertiary/aromatic N) is 6. The van der Waals surface area contributed by atoms with E-state index < -0.39 is 0 Å². The van der Waals surface area contributed by atoms with Crippen LogP contribution in [0.25, 0.3) is 17.1 Å². The molecule has 0 spiro atoms. The van der Waals surface area contributed by atoms with Crippen molar-refractivity contribution in [3.8, 4) is 22.8 Å². The number of methoxy groups -OCH3 is 1. The Morgan fingerprint density at radius 2 is 1.73 bits per heavy atom. The van der Waals surface area contributed by atoms with E-state index in [1.165, 1.54) is 6.42 Å². The molecule has 0 amide bonds. The molecule has 33 heavy (non-hydrogen) atoms. The van der Waals surface area contributed by atoms with E-state index in [-0.39, 0.29) is 5.25 Å². The lowest BCUT2D eigenvalue weighted by molar-refractivity contribution is 0.380.